The van der Waals surface area contributed by atoms with E-state index in [1.807, 2.05) is 0 Å². The first-order valence-electron chi connectivity index (χ1n) is 9.47. The van der Waals surface area contributed by atoms with Crippen molar-refractivity contribution in [2.24, 2.45) is 0 Å². The first-order valence-corrected chi connectivity index (χ1v) is 12.2. The molecule has 184 valence electrons. The van der Waals surface area contributed by atoms with Crippen molar-refractivity contribution in [3.8, 4) is 0 Å². The van der Waals surface area contributed by atoms with Gasteiger partial charge in [0.2, 0.25) is 10.6 Å². The highest BCUT2D eigenvalue weighted by atomic mass is 35.5. The molecule has 11 nitrogen and oxygen atoms in total. The van der Waals surface area contributed by atoms with Gasteiger partial charge in [-0.05, 0) is 63.6 Å². The largest absolute Gasteiger partial charge is 0.365 e. The summed E-state index contributed by atoms with van der Waals surface area (Å²) < 4.78 is 12.9. The Balaban J connectivity index is 0.000000187. The van der Waals surface area contributed by atoms with Gasteiger partial charge in [0.15, 0.2) is 0 Å². The zero-order chi connectivity index (χ0) is 26.0. The van der Waals surface area contributed by atoms with Gasteiger partial charge >= 0.3 is 10.0 Å². The van der Waals surface area contributed by atoms with E-state index in [1.54, 1.807) is 12.1 Å². The van der Waals surface area contributed by atoms with Crippen LogP contribution in [-0.4, -0.2) is 29.8 Å². The van der Waals surface area contributed by atoms with Crippen molar-refractivity contribution >= 4 is 93.7 Å². The molecular weight excluding hydrogens is 580 g/mol. The molecule has 5 aromatic rings. The molecule has 0 amide bonds. The molecule has 0 spiro atoms. The SMILES string of the molecule is O=[N+]([O-])c1cc2c(Cl)nc(Cl)nc2s1.O=[N+]([O-])c1cc2c(NCc3ccc(F)cc3)nc(Cl)nc2s1. The molecular formula is C19H9Cl3FN7O4S2. The third-order valence-corrected chi connectivity index (χ3v) is 6.98. The normalized spacial score (nSPS) is 10.8. The van der Waals surface area contributed by atoms with Crippen LogP contribution in [0, 0.1) is 26.0 Å². The van der Waals surface area contributed by atoms with Crippen LogP contribution in [0.5, 0.6) is 0 Å². The van der Waals surface area contributed by atoms with Crippen LogP contribution in [0.25, 0.3) is 20.4 Å². The summed E-state index contributed by atoms with van der Waals surface area (Å²) in [6.45, 7) is 0.381. The molecule has 0 radical (unpaired) electrons. The molecule has 0 bridgehead atoms. The average molecular weight is 589 g/mol. The lowest BCUT2D eigenvalue weighted by Crippen LogP contribution is -2.02. The quantitative estimate of drug-likeness (QED) is 0.0999. The molecule has 0 fully saturated rings. The topological polar surface area (TPSA) is 150 Å². The molecule has 0 aliphatic rings. The number of nitrogens with one attached hydrogen (secondary N) is 1. The van der Waals surface area contributed by atoms with Crippen molar-refractivity contribution in [1.82, 2.24) is 19.9 Å². The predicted octanol–water partition coefficient (Wildman–Crippen LogP) is 6.91. The lowest BCUT2D eigenvalue weighted by Gasteiger charge is -2.07. The van der Waals surface area contributed by atoms with Crippen molar-refractivity contribution in [3.63, 3.8) is 0 Å². The van der Waals surface area contributed by atoms with Gasteiger partial charge in [0.1, 0.15) is 26.4 Å². The van der Waals surface area contributed by atoms with Crippen LogP contribution < -0.4 is 5.32 Å². The summed E-state index contributed by atoms with van der Waals surface area (Å²) in [5.41, 5.74) is 0.842. The van der Waals surface area contributed by atoms with Gasteiger partial charge in [-0.3, -0.25) is 20.2 Å². The second-order valence-electron chi connectivity index (χ2n) is 6.73. The molecule has 1 N–H and O–H groups in total. The summed E-state index contributed by atoms with van der Waals surface area (Å²) in [5, 5.41) is 25.4. The van der Waals surface area contributed by atoms with E-state index >= 15 is 0 Å². The number of benzene rings is 1. The van der Waals surface area contributed by atoms with Crippen LogP contribution in [0.1, 0.15) is 5.56 Å². The number of nitrogens with zero attached hydrogens (tertiary/aromatic N) is 6. The zero-order valence-electron chi connectivity index (χ0n) is 17.3. The summed E-state index contributed by atoms with van der Waals surface area (Å²) in [6.07, 6.45) is 0. The Morgan fingerprint density at radius 2 is 1.36 bits per heavy atom. The predicted molar refractivity (Wildman–Crippen MR) is 137 cm³/mol. The lowest BCUT2D eigenvalue weighted by atomic mass is 10.2. The van der Waals surface area contributed by atoms with E-state index in [-0.39, 0.29) is 31.5 Å². The summed E-state index contributed by atoms with van der Waals surface area (Å²) in [6, 6.07) is 8.72. The van der Waals surface area contributed by atoms with Crippen molar-refractivity contribution in [3.05, 3.63) is 83.7 Å². The van der Waals surface area contributed by atoms with Crippen molar-refractivity contribution in [1.29, 1.82) is 0 Å². The summed E-state index contributed by atoms with van der Waals surface area (Å²) in [4.78, 5) is 36.7. The minimum atomic E-state index is -0.503. The first kappa shape index (κ1) is 25.8. The van der Waals surface area contributed by atoms with E-state index in [0.717, 1.165) is 28.2 Å². The number of aromatic nitrogens is 4. The standard InChI is InChI=1S/C13H8ClFN4O2S.C6HCl2N3O2S/c14-13-17-11(16-6-7-1-3-8(15)4-2-7)9-5-10(19(20)21)22-12(9)18-13;7-4-2-1-3(11(12)13)14-5(2)10-6(8)9-4/h1-5H,6H2,(H,16,17,18);1H. The zero-order valence-corrected chi connectivity index (χ0v) is 21.2. The molecule has 5 rings (SSSR count). The van der Waals surface area contributed by atoms with Gasteiger partial charge < -0.3 is 5.32 Å². The second-order valence-corrected chi connectivity index (χ2v) is 9.78. The summed E-state index contributed by atoms with van der Waals surface area (Å²) in [5.74, 6) is 0.0911. The third kappa shape index (κ3) is 5.91. The molecule has 0 atom stereocenters. The van der Waals surface area contributed by atoms with Crippen molar-refractivity contribution in [2.45, 2.75) is 6.54 Å². The van der Waals surface area contributed by atoms with E-state index in [4.69, 9.17) is 34.8 Å². The molecule has 17 heteroatoms. The van der Waals surface area contributed by atoms with Crippen LogP contribution in [-0.2, 0) is 6.54 Å². The first-order chi connectivity index (χ1) is 17.1. The van der Waals surface area contributed by atoms with Crippen LogP contribution in [0.3, 0.4) is 0 Å². The maximum atomic E-state index is 12.9. The van der Waals surface area contributed by atoms with E-state index < -0.39 is 9.85 Å². The molecule has 1 aromatic carbocycles. The Labute approximate surface area is 222 Å². The Morgan fingerprint density at radius 1 is 0.833 bits per heavy atom. The summed E-state index contributed by atoms with van der Waals surface area (Å²) in [7, 11) is 0. The van der Waals surface area contributed by atoms with Gasteiger partial charge in [0, 0.05) is 18.7 Å². The molecule has 36 heavy (non-hydrogen) atoms. The average Bonchev–Trinajstić information content (AvgIpc) is 3.44. The van der Waals surface area contributed by atoms with E-state index in [1.165, 1.54) is 24.3 Å². The Bertz CT molecular complexity index is 1610. The smallest absolute Gasteiger partial charge is 0.326 e. The number of hydrogen-bond donors (Lipinski definition) is 1. The number of rotatable bonds is 5. The van der Waals surface area contributed by atoms with E-state index in [2.05, 4.69) is 25.3 Å². The number of nitro groups is 2. The van der Waals surface area contributed by atoms with Crippen LogP contribution in [0.2, 0.25) is 15.7 Å². The third-order valence-electron chi connectivity index (χ3n) is 4.39. The van der Waals surface area contributed by atoms with Crippen LogP contribution >= 0.6 is 57.5 Å². The molecule has 0 saturated heterocycles. The fourth-order valence-corrected chi connectivity index (χ4v) is 5.29. The van der Waals surface area contributed by atoms with E-state index in [9.17, 15) is 24.6 Å². The number of anilines is 1. The number of halogens is 4. The maximum Gasteiger partial charge on any atom is 0.326 e. The van der Waals surface area contributed by atoms with Gasteiger partial charge in [0.25, 0.3) is 0 Å². The fraction of sp³-hybridized carbons (Fsp3) is 0.0526. The maximum absolute atomic E-state index is 12.9. The van der Waals surface area contributed by atoms with Crippen LogP contribution in [0.4, 0.5) is 20.2 Å². The molecule has 0 aliphatic carbocycles. The molecule has 0 unspecified atom stereocenters. The van der Waals surface area contributed by atoms with Gasteiger partial charge in [0.05, 0.1) is 20.6 Å². The highest BCUT2D eigenvalue weighted by molar-refractivity contribution is 7.22. The highest BCUT2D eigenvalue weighted by Gasteiger charge is 2.17. The fourth-order valence-electron chi connectivity index (χ4n) is 2.83. The Morgan fingerprint density at radius 3 is 1.94 bits per heavy atom. The van der Waals surface area contributed by atoms with Crippen LogP contribution in [0.15, 0.2) is 36.4 Å². The highest BCUT2D eigenvalue weighted by Crippen LogP contribution is 2.35. The Kier molecular flexibility index (Phi) is 7.70. The van der Waals surface area contributed by atoms with Gasteiger partial charge in [-0.15, -0.1) is 0 Å². The number of fused-ring (bicyclic) bond motifs is 2. The minimum Gasteiger partial charge on any atom is -0.365 e. The van der Waals surface area contributed by atoms with Gasteiger partial charge in [-0.2, -0.15) is 0 Å². The molecule has 4 heterocycles. The van der Waals surface area contributed by atoms with Crippen molar-refractivity contribution in [2.75, 3.05) is 5.32 Å². The molecule has 0 aliphatic heterocycles. The molecule has 4 aromatic heterocycles. The molecule has 0 saturated carbocycles. The minimum absolute atomic E-state index is 0.00542. The Hall–Kier alpha value is -3.30. The van der Waals surface area contributed by atoms with E-state index in [0.29, 0.717) is 32.8 Å². The van der Waals surface area contributed by atoms with Gasteiger partial charge in [-0.1, -0.05) is 23.7 Å². The number of thiophene rings is 2. The van der Waals surface area contributed by atoms with Gasteiger partial charge in [-0.25, -0.2) is 24.3 Å². The second kappa shape index (κ2) is 10.8. The monoisotopic (exact) mass is 587 g/mol. The lowest BCUT2D eigenvalue weighted by molar-refractivity contribution is -0.380. The summed E-state index contributed by atoms with van der Waals surface area (Å²) >= 11 is 19.0. The number of hydrogen-bond acceptors (Lipinski definition) is 11. The van der Waals surface area contributed by atoms with Crippen molar-refractivity contribution < 1.29 is 14.2 Å².